The highest BCUT2D eigenvalue weighted by molar-refractivity contribution is 5.99. The maximum Gasteiger partial charge on any atom is 0.255 e. The number of rotatable bonds is 5. The van der Waals surface area contributed by atoms with Crippen LogP contribution in [0.25, 0.3) is 11.1 Å². The monoisotopic (exact) mass is 524 g/mol. The molecule has 6 rings (SSSR count). The van der Waals surface area contributed by atoms with Crippen LogP contribution in [0.4, 0.5) is 14.6 Å². The number of hydrogen-bond donors (Lipinski definition) is 3. The van der Waals surface area contributed by atoms with E-state index in [2.05, 4.69) is 46.4 Å². The number of aromatic nitrogens is 1. The second kappa shape index (κ2) is 9.56. The van der Waals surface area contributed by atoms with Gasteiger partial charge in [0.25, 0.3) is 5.91 Å². The minimum atomic E-state index is -2.49. The zero-order valence-corrected chi connectivity index (χ0v) is 22.0. The Labute approximate surface area is 223 Å². The molecule has 1 unspecified atom stereocenters. The Kier molecular flexibility index (Phi) is 6.46. The van der Waals surface area contributed by atoms with Crippen LogP contribution in [0.1, 0.15) is 74.2 Å². The van der Waals surface area contributed by atoms with Crippen LogP contribution in [0.2, 0.25) is 0 Å². The molecule has 3 atom stereocenters. The quantitative estimate of drug-likeness (QED) is 0.525. The number of halogens is 2. The third-order valence-electron chi connectivity index (χ3n) is 10.0. The molecule has 1 saturated heterocycles. The van der Waals surface area contributed by atoms with Gasteiger partial charge in [-0.25, -0.2) is 13.8 Å². The second-order valence-electron chi connectivity index (χ2n) is 12.2. The number of nitrogens with one attached hydrogen (secondary N) is 1. The number of aliphatic hydroxyl groups is 1. The number of pyridine rings is 1. The Hall–Kier alpha value is -2.58. The minimum Gasteiger partial charge on any atom is -0.393 e. The fourth-order valence-corrected chi connectivity index (χ4v) is 7.47. The van der Waals surface area contributed by atoms with E-state index < -0.39 is 5.92 Å². The van der Waals surface area contributed by atoms with Gasteiger partial charge < -0.3 is 16.2 Å². The average molecular weight is 525 g/mol. The summed E-state index contributed by atoms with van der Waals surface area (Å²) in [7, 11) is 0. The lowest BCUT2D eigenvalue weighted by atomic mass is 9.89. The molecule has 0 radical (unpaired) electrons. The number of nitrogen functional groups attached to an aromatic ring is 1. The van der Waals surface area contributed by atoms with E-state index >= 15 is 0 Å². The number of hydrogen-bond acceptors (Lipinski definition) is 5. The van der Waals surface area contributed by atoms with Gasteiger partial charge in [-0.1, -0.05) is 31.2 Å². The van der Waals surface area contributed by atoms with Crippen LogP contribution in [0.5, 0.6) is 0 Å². The van der Waals surface area contributed by atoms with Gasteiger partial charge in [-0.3, -0.25) is 9.69 Å². The highest BCUT2D eigenvalue weighted by atomic mass is 19.3. The molecule has 4 aliphatic rings. The van der Waals surface area contributed by atoms with Crippen molar-refractivity contribution in [2.75, 3.05) is 18.8 Å². The zero-order chi connectivity index (χ0) is 26.7. The van der Waals surface area contributed by atoms with E-state index in [0.29, 0.717) is 43.1 Å². The van der Waals surface area contributed by atoms with Crippen molar-refractivity contribution in [2.45, 2.75) is 87.8 Å². The van der Waals surface area contributed by atoms with Crippen molar-refractivity contribution >= 4 is 11.7 Å². The van der Waals surface area contributed by atoms with Gasteiger partial charge in [0.2, 0.25) is 5.92 Å². The van der Waals surface area contributed by atoms with E-state index in [1.165, 1.54) is 5.56 Å². The molecule has 0 spiro atoms. The van der Waals surface area contributed by atoms with Gasteiger partial charge in [0.05, 0.1) is 11.7 Å². The highest BCUT2D eigenvalue weighted by Gasteiger charge is 2.67. The highest BCUT2D eigenvalue weighted by Crippen LogP contribution is 2.64. The third kappa shape index (κ3) is 4.60. The summed E-state index contributed by atoms with van der Waals surface area (Å²) in [6.07, 6.45) is 5.53. The molecular formula is C30H38F2N4O2. The smallest absolute Gasteiger partial charge is 0.255 e. The predicted molar refractivity (Wildman–Crippen MR) is 143 cm³/mol. The van der Waals surface area contributed by atoms with Gasteiger partial charge in [-0.2, -0.15) is 0 Å². The van der Waals surface area contributed by atoms with Crippen LogP contribution in [0.3, 0.4) is 0 Å². The van der Waals surface area contributed by atoms with Gasteiger partial charge in [0.1, 0.15) is 5.82 Å². The molecule has 4 N–H and O–H groups in total. The summed E-state index contributed by atoms with van der Waals surface area (Å²) < 4.78 is 27.4. The molecule has 204 valence electrons. The van der Waals surface area contributed by atoms with Crippen molar-refractivity contribution in [1.29, 1.82) is 0 Å². The standard InChI is InChI=1S/C30H38F2N4O2/c1-18-26-16-36(23-10-12-29(31,32)13-11-23)17-30(18,26)21-4-2-19(3-5-21)20-14-25(27(33)34-15-20)28(38)35-22-6-8-24(37)9-7-22/h2-5,14-15,18,22-24,26,37H,6-13,16-17H2,1H3,(H2,33,34)(H,35,38)/t18?,22-,24-,26-,30+/m1/s1. The molecular weight excluding hydrogens is 486 g/mol. The van der Waals surface area contributed by atoms with Crippen LogP contribution in [-0.4, -0.2) is 58.1 Å². The Morgan fingerprint density at radius 2 is 1.76 bits per heavy atom. The summed E-state index contributed by atoms with van der Waals surface area (Å²) in [5, 5.41) is 12.8. The maximum absolute atomic E-state index is 13.7. The molecule has 2 heterocycles. The van der Waals surface area contributed by atoms with Crippen molar-refractivity contribution in [3.8, 4) is 11.1 Å². The Bertz CT molecular complexity index is 1190. The molecule has 8 heteroatoms. The summed E-state index contributed by atoms with van der Waals surface area (Å²) in [5.41, 5.74) is 9.67. The number of carbonyl (C=O) groups excluding carboxylic acids is 1. The molecule has 3 saturated carbocycles. The molecule has 6 nitrogen and oxygen atoms in total. The lowest BCUT2D eigenvalue weighted by Gasteiger charge is -2.36. The van der Waals surface area contributed by atoms with Gasteiger partial charge in [-0.15, -0.1) is 0 Å². The van der Waals surface area contributed by atoms with E-state index in [0.717, 1.165) is 37.1 Å². The van der Waals surface area contributed by atoms with Crippen molar-refractivity contribution in [2.24, 2.45) is 11.8 Å². The van der Waals surface area contributed by atoms with E-state index in [1.807, 2.05) is 0 Å². The van der Waals surface area contributed by atoms with Crippen molar-refractivity contribution < 1.29 is 18.7 Å². The summed E-state index contributed by atoms with van der Waals surface area (Å²) in [6.45, 7) is 4.26. The molecule has 0 bridgehead atoms. The SMILES string of the molecule is CC1[C@H]2CN(C3CCC(F)(F)CC3)C[C@@]12c1ccc(-c2cnc(N)c(C(=O)N[C@H]3CC[C@H](O)CC3)c2)cc1. The van der Waals surface area contributed by atoms with Gasteiger partial charge in [0, 0.05) is 55.2 Å². The lowest BCUT2D eigenvalue weighted by molar-refractivity contribution is -0.0530. The fraction of sp³-hybridized carbons (Fsp3) is 0.600. The van der Waals surface area contributed by atoms with Crippen molar-refractivity contribution in [1.82, 2.24) is 15.2 Å². The lowest BCUT2D eigenvalue weighted by Crippen LogP contribution is -2.42. The topological polar surface area (TPSA) is 91.5 Å². The zero-order valence-electron chi connectivity index (χ0n) is 22.0. The van der Waals surface area contributed by atoms with Crippen LogP contribution in [0.15, 0.2) is 36.5 Å². The molecule has 1 aliphatic heterocycles. The molecule has 1 amide bonds. The second-order valence-corrected chi connectivity index (χ2v) is 12.2. The van der Waals surface area contributed by atoms with E-state index in [9.17, 15) is 18.7 Å². The molecule has 1 aromatic carbocycles. The maximum atomic E-state index is 13.7. The number of likely N-dealkylation sites (tertiary alicyclic amines) is 1. The summed E-state index contributed by atoms with van der Waals surface area (Å²) >= 11 is 0. The summed E-state index contributed by atoms with van der Waals surface area (Å²) in [5.74, 6) is -1.35. The Morgan fingerprint density at radius 1 is 1.08 bits per heavy atom. The first-order chi connectivity index (χ1) is 18.2. The van der Waals surface area contributed by atoms with Crippen LogP contribution >= 0.6 is 0 Å². The van der Waals surface area contributed by atoms with E-state index in [4.69, 9.17) is 5.73 Å². The number of nitrogens with zero attached hydrogens (tertiary/aromatic N) is 2. The first kappa shape index (κ1) is 25.7. The summed E-state index contributed by atoms with van der Waals surface area (Å²) in [6, 6.07) is 10.7. The number of benzene rings is 1. The number of piperidine rings is 1. The normalized spacial score (nSPS) is 33.1. The number of aliphatic hydroxyl groups excluding tert-OH is 1. The van der Waals surface area contributed by atoms with Crippen LogP contribution in [-0.2, 0) is 5.41 Å². The number of nitrogens with two attached hydrogens (primary N) is 1. The first-order valence-electron chi connectivity index (χ1n) is 14.1. The number of fused-ring (bicyclic) bond motifs is 1. The van der Waals surface area contributed by atoms with Gasteiger partial charge in [0.15, 0.2) is 0 Å². The first-order valence-corrected chi connectivity index (χ1v) is 14.1. The number of anilines is 1. The van der Waals surface area contributed by atoms with E-state index in [-0.39, 0.29) is 48.2 Å². The Balaban J connectivity index is 1.15. The van der Waals surface area contributed by atoms with Crippen molar-refractivity contribution in [3.05, 3.63) is 47.7 Å². The molecule has 2 aromatic rings. The molecule has 3 aliphatic carbocycles. The van der Waals surface area contributed by atoms with E-state index in [1.54, 1.807) is 12.3 Å². The predicted octanol–water partition coefficient (Wildman–Crippen LogP) is 4.76. The minimum absolute atomic E-state index is 0.00943. The van der Waals surface area contributed by atoms with Gasteiger partial charge in [-0.05, 0) is 67.6 Å². The van der Waals surface area contributed by atoms with Gasteiger partial charge >= 0.3 is 0 Å². The largest absolute Gasteiger partial charge is 0.393 e. The molecule has 1 aromatic heterocycles. The van der Waals surface area contributed by atoms with Crippen LogP contribution in [0, 0.1) is 11.8 Å². The number of carbonyl (C=O) groups is 1. The molecule has 4 fully saturated rings. The Morgan fingerprint density at radius 3 is 2.45 bits per heavy atom. The number of amides is 1. The van der Waals surface area contributed by atoms with Crippen molar-refractivity contribution in [3.63, 3.8) is 0 Å². The van der Waals surface area contributed by atoms with Crippen LogP contribution < -0.4 is 11.1 Å². The fourth-order valence-electron chi connectivity index (χ4n) is 7.47. The average Bonchev–Trinajstić information content (AvgIpc) is 3.25. The molecule has 38 heavy (non-hydrogen) atoms. The number of alkyl halides is 2. The third-order valence-corrected chi connectivity index (χ3v) is 10.0. The summed E-state index contributed by atoms with van der Waals surface area (Å²) in [4.78, 5) is 19.7.